The molecule has 1 aliphatic heterocycles. The van der Waals surface area contributed by atoms with Gasteiger partial charge < -0.3 is 14.2 Å². The molecule has 5 nitrogen and oxygen atoms in total. The van der Waals surface area contributed by atoms with Gasteiger partial charge in [0.2, 0.25) is 5.91 Å². The number of fused-ring (bicyclic) bond motifs is 1. The molecular weight excluding hydrogens is 278 g/mol. The van der Waals surface area contributed by atoms with Crippen molar-refractivity contribution in [3.05, 3.63) is 30.1 Å². The van der Waals surface area contributed by atoms with Gasteiger partial charge in [0, 0.05) is 44.5 Å². The van der Waals surface area contributed by atoms with Crippen LogP contribution in [0.15, 0.2) is 24.5 Å². The van der Waals surface area contributed by atoms with E-state index in [1.54, 1.807) is 13.3 Å². The fraction of sp³-hybridized carbons (Fsp3) is 0.529. The van der Waals surface area contributed by atoms with E-state index in [0.717, 1.165) is 49.1 Å². The standard InChI is InChI=1S/C17H23N3O2/c1-22-11-10-20-13-14(15-6-5-7-18-17(15)20)12-16(21)19-8-3-2-4-9-19/h5-7,13H,2-4,8-12H2,1H3. The Hall–Kier alpha value is -1.88. The molecule has 0 aliphatic carbocycles. The van der Waals surface area contributed by atoms with Crippen LogP contribution in [-0.2, 0) is 22.5 Å². The van der Waals surface area contributed by atoms with Crippen LogP contribution in [0.5, 0.6) is 0 Å². The van der Waals surface area contributed by atoms with E-state index in [-0.39, 0.29) is 5.91 Å². The Morgan fingerprint density at radius 3 is 2.91 bits per heavy atom. The maximum Gasteiger partial charge on any atom is 0.227 e. The van der Waals surface area contributed by atoms with Crippen LogP contribution >= 0.6 is 0 Å². The molecule has 1 amide bonds. The van der Waals surface area contributed by atoms with E-state index < -0.39 is 0 Å². The summed E-state index contributed by atoms with van der Waals surface area (Å²) in [4.78, 5) is 19.0. The molecule has 2 aromatic heterocycles. The summed E-state index contributed by atoms with van der Waals surface area (Å²) in [7, 11) is 1.69. The maximum atomic E-state index is 12.5. The second kappa shape index (κ2) is 6.92. The Morgan fingerprint density at radius 1 is 1.32 bits per heavy atom. The lowest BCUT2D eigenvalue weighted by Gasteiger charge is -2.26. The van der Waals surface area contributed by atoms with Crippen LogP contribution in [0.2, 0.25) is 0 Å². The molecule has 0 saturated carbocycles. The second-order valence-electron chi connectivity index (χ2n) is 5.83. The zero-order valence-corrected chi connectivity index (χ0v) is 13.1. The number of nitrogens with zero attached hydrogens (tertiary/aromatic N) is 3. The van der Waals surface area contributed by atoms with Crippen molar-refractivity contribution in [1.29, 1.82) is 0 Å². The smallest absolute Gasteiger partial charge is 0.227 e. The number of piperidine rings is 1. The largest absolute Gasteiger partial charge is 0.383 e. The van der Waals surface area contributed by atoms with Crippen molar-refractivity contribution >= 4 is 16.9 Å². The van der Waals surface area contributed by atoms with Gasteiger partial charge in [0.05, 0.1) is 13.0 Å². The summed E-state index contributed by atoms with van der Waals surface area (Å²) in [5.41, 5.74) is 2.00. The van der Waals surface area contributed by atoms with Crippen LogP contribution in [0.1, 0.15) is 24.8 Å². The zero-order valence-electron chi connectivity index (χ0n) is 13.1. The van der Waals surface area contributed by atoms with Gasteiger partial charge in [-0.25, -0.2) is 4.98 Å². The summed E-state index contributed by atoms with van der Waals surface area (Å²) in [5.74, 6) is 0.231. The molecule has 1 aliphatic rings. The van der Waals surface area contributed by atoms with Gasteiger partial charge in [0.1, 0.15) is 5.65 Å². The van der Waals surface area contributed by atoms with Crippen LogP contribution in [0.4, 0.5) is 0 Å². The Labute approximate surface area is 130 Å². The van der Waals surface area contributed by atoms with E-state index in [1.165, 1.54) is 6.42 Å². The maximum absolute atomic E-state index is 12.5. The lowest BCUT2D eigenvalue weighted by molar-refractivity contribution is -0.131. The van der Waals surface area contributed by atoms with Crippen LogP contribution in [0.25, 0.3) is 11.0 Å². The molecule has 5 heteroatoms. The van der Waals surface area contributed by atoms with Gasteiger partial charge in [-0.15, -0.1) is 0 Å². The highest BCUT2D eigenvalue weighted by Crippen LogP contribution is 2.21. The van der Waals surface area contributed by atoms with Crippen LogP contribution in [-0.4, -0.2) is 47.2 Å². The Balaban J connectivity index is 1.82. The molecule has 0 bridgehead atoms. The van der Waals surface area contributed by atoms with Crippen molar-refractivity contribution in [3.8, 4) is 0 Å². The van der Waals surface area contributed by atoms with Crippen molar-refractivity contribution in [2.75, 3.05) is 26.8 Å². The first-order chi connectivity index (χ1) is 10.8. The summed E-state index contributed by atoms with van der Waals surface area (Å²) in [6, 6.07) is 3.97. The normalized spacial score (nSPS) is 15.4. The zero-order chi connectivity index (χ0) is 15.4. The summed E-state index contributed by atoms with van der Waals surface area (Å²) >= 11 is 0. The molecule has 0 N–H and O–H groups in total. The number of aromatic nitrogens is 2. The molecule has 3 rings (SSSR count). The Bertz CT molecular complexity index is 644. The number of hydrogen-bond donors (Lipinski definition) is 0. The van der Waals surface area contributed by atoms with Gasteiger partial charge in [-0.2, -0.15) is 0 Å². The highest BCUT2D eigenvalue weighted by Gasteiger charge is 2.19. The summed E-state index contributed by atoms with van der Waals surface area (Å²) in [5, 5.41) is 1.07. The molecule has 2 aromatic rings. The fourth-order valence-corrected chi connectivity index (χ4v) is 3.11. The number of amides is 1. The van der Waals surface area contributed by atoms with Crippen LogP contribution in [0, 0.1) is 0 Å². The predicted molar refractivity (Wildman–Crippen MR) is 85.7 cm³/mol. The lowest BCUT2D eigenvalue weighted by Crippen LogP contribution is -2.36. The first-order valence-corrected chi connectivity index (χ1v) is 7.99. The minimum Gasteiger partial charge on any atom is -0.383 e. The highest BCUT2D eigenvalue weighted by molar-refractivity contribution is 5.87. The molecular formula is C17H23N3O2. The first kappa shape index (κ1) is 15.0. The monoisotopic (exact) mass is 301 g/mol. The van der Waals surface area contributed by atoms with Gasteiger partial charge in [0.15, 0.2) is 0 Å². The minimum atomic E-state index is 0.231. The Kier molecular flexibility index (Phi) is 4.73. The molecule has 0 aromatic carbocycles. The third-order valence-electron chi connectivity index (χ3n) is 4.30. The van der Waals surface area contributed by atoms with Gasteiger partial charge in [-0.1, -0.05) is 0 Å². The molecule has 22 heavy (non-hydrogen) atoms. The van der Waals surface area contributed by atoms with E-state index in [4.69, 9.17) is 4.74 Å². The minimum absolute atomic E-state index is 0.231. The predicted octanol–water partition coefficient (Wildman–Crippen LogP) is 2.24. The molecule has 0 atom stereocenters. The van der Waals surface area contributed by atoms with E-state index in [0.29, 0.717) is 13.0 Å². The third-order valence-corrected chi connectivity index (χ3v) is 4.30. The van der Waals surface area contributed by atoms with Crippen molar-refractivity contribution in [3.63, 3.8) is 0 Å². The third kappa shape index (κ3) is 3.14. The van der Waals surface area contributed by atoms with Crippen molar-refractivity contribution < 1.29 is 9.53 Å². The van der Waals surface area contributed by atoms with E-state index in [1.807, 2.05) is 17.0 Å². The molecule has 0 unspecified atom stereocenters. The number of ether oxygens (including phenoxy) is 1. The van der Waals surface area contributed by atoms with E-state index in [2.05, 4.69) is 15.7 Å². The number of carbonyl (C=O) groups excluding carboxylic acids is 1. The number of likely N-dealkylation sites (tertiary alicyclic amines) is 1. The van der Waals surface area contributed by atoms with E-state index >= 15 is 0 Å². The number of hydrogen-bond acceptors (Lipinski definition) is 3. The van der Waals surface area contributed by atoms with Gasteiger partial charge >= 0.3 is 0 Å². The SMILES string of the molecule is COCCn1cc(CC(=O)N2CCCCC2)c2cccnc21. The van der Waals surface area contributed by atoms with Crippen molar-refractivity contribution in [2.45, 2.75) is 32.2 Å². The average Bonchev–Trinajstić information content (AvgIpc) is 2.92. The Morgan fingerprint density at radius 2 is 2.14 bits per heavy atom. The highest BCUT2D eigenvalue weighted by atomic mass is 16.5. The van der Waals surface area contributed by atoms with E-state index in [9.17, 15) is 4.79 Å². The van der Waals surface area contributed by atoms with Crippen molar-refractivity contribution in [1.82, 2.24) is 14.5 Å². The fourth-order valence-electron chi connectivity index (χ4n) is 3.11. The second-order valence-corrected chi connectivity index (χ2v) is 5.83. The number of carbonyl (C=O) groups is 1. The lowest BCUT2D eigenvalue weighted by atomic mass is 10.1. The molecule has 0 spiro atoms. The van der Waals surface area contributed by atoms with Gasteiger partial charge in [0.25, 0.3) is 0 Å². The molecule has 118 valence electrons. The number of pyridine rings is 1. The van der Waals surface area contributed by atoms with Gasteiger partial charge in [-0.05, 0) is 37.0 Å². The number of methoxy groups -OCH3 is 1. The van der Waals surface area contributed by atoms with Crippen LogP contribution < -0.4 is 0 Å². The topological polar surface area (TPSA) is 47.4 Å². The van der Waals surface area contributed by atoms with Crippen molar-refractivity contribution in [2.24, 2.45) is 0 Å². The van der Waals surface area contributed by atoms with Crippen LogP contribution in [0.3, 0.4) is 0 Å². The molecule has 3 heterocycles. The average molecular weight is 301 g/mol. The molecule has 1 saturated heterocycles. The summed E-state index contributed by atoms with van der Waals surface area (Å²) < 4.78 is 7.24. The first-order valence-electron chi connectivity index (χ1n) is 7.99. The molecule has 0 radical (unpaired) electrons. The quantitative estimate of drug-likeness (QED) is 0.851. The summed E-state index contributed by atoms with van der Waals surface area (Å²) in [6.45, 7) is 3.20. The van der Waals surface area contributed by atoms with Gasteiger partial charge in [-0.3, -0.25) is 4.79 Å². The molecule has 1 fully saturated rings. The summed E-state index contributed by atoms with van der Waals surface area (Å²) in [6.07, 6.45) is 7.80. The number of rotatable bonds is 5.